The molecule has 1 aliphatic rings. The Morgan fingerprint density at radius 3 is 2.54 bits per heavy atom. The van der Waals surface area contributed by atoms with Crippen molar-refractivity contribution in [2.24, 2.45) is 0 Å². The Balaban J connectivity index is 1.52. The van der Waals surface area contributed by atoms with Crippen LogP contribution < -0.4 is 4.74 Å². The summed E-state index contributed by atoms with van der Waals surface area (Å²) in [6.45, 7) is 6.71. The van der Waals surface area contributed by atoms with Crippen molar-refractivity contribution in [2.45, 2.75) is 32.9 Å². The zero-order valence-electron chi connectivity index (χ0n) is 14.3. The van der Waals surface area contributed by atoms with Crippen molar-refractivity contribution >= 4 is 11.6 Å². The first-order valence-corrected chi connectivity index (χ1v) is 8.77. The number of β-amino-alcohol motifs (C(OH)–C–C–N with tert-alkyl or cyclic N) is 1. The van der Waals surface area contributed by atoms with Gasteiger partial charge in [-0.05, 0) is 54.7 Å². The second-order valence-electron chi connectivity index (χ2n) is 6.59. The first kappa shape index (κ1) is 17.3. The normalized spacial score (nSPS) is 15.8. The van der Waals surface area contributed by atoms with Gasteiger partial charge in [-0.25, -0.2) is 0 Å². The summed E-state index contributed by atoms with van der Waals surface area (Å²) < 4.78 is 5.76. The standard InChI is InChI=1S/C20H24ClNO2/c1-14-9-19(10-15(2)20(14)21)24-13-18(23)12-22-8-7-16-5-3-4-6-17(16)11-22/h3-6,9-10,18,23H,7-8,11-13H2,1-2H3/t18-/m1/s1. The van der Waals surface area contributed by atoms with Crippen LogP contribution in [-0.4, -0.2) is 35.8 Å². The molecule has 0 aromatic heterocycles. The molecule has 0 bridgehead atoms. The molecule has 0 radical (unpaired) electrons. The maximum absolute atomic E-state index is 10.3. The molecule has 2 aromatic rings. The predicted molar refractivity (Wildman–Crippen MR) is 97.9 cm³/mol. The maximum atomic E-state index is 10.3. The molecular weight excluding hydrogens is 322 g/mol. The number of aryl methyl sites for hydroxylation is 2. The van der Waals surface area contributed by atoms with Gasteiger partial charge in [-0.3, -0.25) is 4.90 Å². The largest absolute Gasteiger partial charge is 0.491 e. The number of fused-ring (bicyclic) bond motifs is 1. The molecule has 3 rings (SSSR count). The Morgan fingerprint density at radius 2 is 1.83 bits per heavy atom. The van der Waals surface area contributed by atoms with Crippen molar-refractivity contribution in [2.75, 3.05) is 19.7 Å². The third-order valence-electron chi connectivity index (χ3n) is 4.53. The molecule has 0 saturated heterocycles. The van der Waals surface area contributed by atoms with E-state index in [2.05, 4.69) is 29.2 Å². The zero-order valence-corrected chi connectivity index (χ0v) is 15.0. The molecule has 24 heavy (non-hydrogen) atoms. The van der Waals surface area contributed by atoms with E-state index in [1.165, 1.54) is 11.1 Å². The van der Waals surface area contributed by atoms with Gasteiger partial charge in [0, 0.05) is 24.7 Å². The van der Waals surface area contributed by atoms with Gasteiger partial charge in [0.15, 0.2) is 0 Å². The van der Waals surface area contributed by atoms with Crippen LogP contribution in [-0.2, 0) is 13.0 Å². The van der Waals surface area contributed by atoms with Crippen LogP contribution in [0.1, 0.15) is 22.3 Å². The number of aliphatic hydroxyl groups excluding tert-OH is 1. The molecule has 3 nitrogen and oxygen atoms in total. The fraction of sp³-hybridized carbons (Fsp3) is 0.400. The second-order valence-corrected chi connectivity index (χ2v) is 6.97. The predicted octanol–water partition coefficient (Wildman–Crippen LogP) is 3.75. The number of rotatable bonds is 5. The van der Waals surface area contributed by atoms with E-state index in [1.807, 2.05) is 26.0 Å². The minimum Gasteiger partial charge on any atom is -0.491 e. The van der Waals surface area contributed by atoms with Crippen LogP contribution in [0, 0.1) is 13.8 Å². The van der Waals surface area contributed by atoms with Crippen molar-refractivity contribution in [3.63, 3.8) is 0 Å². The van der Waals surface area contributed by atoms with Gasteiger partial charge in [0.05, 0.1) is 0 Å². The van der Waals surface area contributed by atoms with Gasteiger partial charge in [0.25, 0.3) is 0 Å². The van der Waals surface area contributed by atoms with Gasteiger partial charge in [0.2, 0.25) is 0 Å². The summed E-state index contributed by atoms with van der Waals surface area (Å²) in [5.74, 6) is 0.762. The number of nitrogens with zero attached hydrogens (tertiary/aromatic N) is 1. The van der Waals surface area contributed by atoms with E-state index in [-0.39, 0.29) is 0 Å². The summed E-state index contributed by atoms with van der Waals surface area (Å²) in [7, 11) is 0. The molecule has 1 heterocycles. The quantitative estimate of drug-likeness (QED) is 0.895. The van der Waals surface area contributed by atoms with Gasteiger partial charge >= 0.3 is 0 Å². The Hall–Kier alpha value is -1.55. The van der Waals surface area contributed by atoms with E-state index in [0.717, 1.165) is 41.4 Å². The van der Waals surface area contributed by atoms with E-state index >= 15 is 0 Å². The zero-order chi connectivity index (χ0) is 17.1. The lowest BCUT2D eigenvalue weighted by atomic mass is 10.00. The van der Waals surface area contributed by atoms with Crippen LogP contribution in [0.25, 0.3) is 0 Å². The summed E-state index contributed by atoms with van der Waals surface area (Å²) in [4.78, 5) is 2.29. The Labute approximate surface area is 148 Å². The van der Waals surface area contributed by atoms with Crippen LogP contribution in [0.15, 0.2) is 36.4 Å². The van der Waals surface area contributed by atoms with Crippen molar-refractivity contribution in [1.29, 1.82) is 0 Å². The van der Waals surface area contributed by atoms with Gasteiger partial charge in [-0.15, -0.1) is 0 Å². The minimum absolute atomic E-state index is 0.290. The summed E-state index contributed by atoms with van der Waals surface area (Å²) in [6, 6.07) is 12.4. The molecule has 1 aliphatic heterocycles. The Morgan fingerprint density at radius 1 is 1.17 bits per heavy atom. The average Bonchev–Trinajstić information content (AvgIpc) is 2.57. The highest BCUT2D eigenvalue weighted by Crippen LogP contribution is 2.26. The SMILES string of the molecule is Cc1cc(OC[C@H](O)CN2CCc3ccccc3C2)cc(C)c1Cl. The fourth-order valence-electron chi connectivity index (χ4n) is 3.24. The number of halogens is 1. The molecule has 1 atom stereocenters. The topological polar surface area (TPSA) is 32.7 Å². The molecule has 4 heteroatoms. The van der Waals surface area contributed by atoms with Gasteiger partial charge in [-0.2, -0.15) is 0 Å². The Kier molecular flexibility index (Phi) is 5.44. The van der Waals surface area contributed by atoms with E-state index in [4.69, 9.17) is 16.3 Å². The fourth-order valence-corrected chi connectivity index (χ4v) is 3.35. The Bertz CT molecular complexity index is 694. The molecule has 0 fully saturated rings. The van der Waals surface area contributed by atoms with E-state index < -0.39 is 6.10 Å². The molecule has 0 spiro atoms. The second kappa shape index (κ2) is 7.56. The first-order chi connectivity index (χ1) is 11.5. The highest BCUT2D eigenvalue weighted by atomic mass is 35.5. The molecule has 0 amide bonds. The number of hydrogen-bond acceptors (Lipinski definition) is 3. The lowest BCUT2D eigenvalue weighted by Crippen LogP contribution is -2.38. The van der Waals surface area contributed by atoms with Crippen molar-refractivity contribution in [1.82, 2.24) is 4.90 Å². The minimum atomic E-state index is -0.508. The lowest BCUT2D eigenvalue weighted by molar-refractivity contribution is 0.0637. The maximum Gasteiger partial charge on any atom is 0.120 e. The van der Waals surface area contributed by atoms with E-state index in [9.17, 15) is 5.11 Å². The van der Waals surface area contributed by atoms with Crippen LogP contribution in [0.5, 0.6) is 5.75 Å². The van der Waals surface area contributed by atoms with Crippen LogP contribution in [0.4, 0.5) is 0 Å². The van der Waals surface area contributed by atoms with Crippen LogP contribution >= 0.6 is 11.6 Å². The van der Waals surface area contributed by atoms with Crippen molar-refractivity contribution in [3.8, 4) is 5.75 Å². The monoisotopic (exact) mass is 345 g/mol. The number of ether oxygens (including phenoxy) is 1. The third kappa shape index (κ3) is 4.10. The average molecular weight is 346 g/mol. The van der Waals surface area contributed by atoms with Crippen molar-refractivity contribution in [3.05, 3.63) is 63.7 Å². The summed E-state index contributed by atoms with van der Waals surface area (Å²) >= 11 is 6.17. The summed E-state index contributed by atoms with van der Waals surface area (Å²) in [5.41, 5.74) is 4.77. The van der Waals surface area contributed by atoms with Gasteiger partial charge in [0.1, 0.15) is 18.5 Å². The smallest absolute Gasteiger partial charge is 0.120 e. The van der Waals surface area contributed by atoms with Gasteiger partial charge < -0.3 is 9.84 Å². The van der Waals surface area contributed by atoms with E-state index in [0.29, 0.717) is 13.2 Å². The van der Waals surface area contributed by atoms with Crippen molar-refractivity contribution < 1.29 is 9.84 Å². The number of benzene rings is 2. The molecule has 0 unspecified atom stereocenters. The third-order valence-corrected chi connectivity index (χ3v) is 5.13. The molecule has 0 saturated carbocycles. The summed E-state index contributed by atoms with van der Waals surface area (Å²) in [5, 5.41) is 11.1. The van der Waals surface area contributed by atoms with Gasteiger partial charge in [-0.1, -0.05) is 35.9 Å². The molecule has 1 N–H and O–H groups in total. The van der Waals surface area contributed by atoms with E-state index in [1.54, 1.807) is 0 Å². The van der Waals surface area contributed by atoms with Crippen LogP contribution in [0.2, 0.25) is 5.02 Å². The molecule has 0 aliphatic carbocycles. The summed E-state index contributed by atoms with van der Waals surface area (Å²) in [6.07, 6.45) is 0.533. The number of aliphatic hydroxyl groups is 1. The number of hydrogen-bond donors (Lipinski definition) is 1. The van der Waals surface area contributed by atoms with Crippen LogP contribution in [0.3, 0.4) is 0 Å². The molecule has 2 aromatic carbocycles. The first-order valence-electron chi connectivity index (χ1n) is 8.39. The lowest BCUT2D eigenvalue weighted by Gasteiger charge is -2.30. The highest BCUT2D eigenvalue weighted by molar-refractivity contribution is 6.32. The highest BCUT2D eigenvalue weighted by Gasteiger charge is 2.18. The molecule has 128 valence electrons. The molecular formula is C20H24ClNO2.